The first-order valence-corrected chi connectivity index (χ1v) is 16.5. The van der Waals surface area contributed by atoms with Crippen LogP contribution in [0.2, 0.25) is 0 Å². The second-order valence-corrected chi connectivity index (χ2v) is 14.2. The monoisotopic (exact) mass is 621 g/mol. The van der Waals surface area contributed by atoms with E-state index in [1.165, 1.54) is 29.0 Å². The molecule has 2 aliphatic rings. The van der Waals surface area contributed by atoms with E-state index in [0.717, 1.165) is 5.56 Å². The molecule has 230 valence electrons. The fourth-order valence-corrected chi connectivity index (χ4v) is 8.63. The predicted molar refractivity (Wildman–Crippen MR) is 161 cm³/mol. The quantitative estimate of drug-likeness (QED) is 0.314. The van der Waals surface area contributed by atoms with Gasteiger partial charge in [-0.15, -0.1) is 0 Å². The Morgan fingerprint density at radius 2 is 1.86 bits per heavy atom. The number of rotatable bonds is 6. The first-order chi connectivity index (χ1) is 21.0. The van der Waals surface area contributed by atoms with Crippen LogP contribution in [-0.4, -0.2) is 58.8 Å². The van der Waals surface area contributed by atoms with Gasteiger partial charge in [0, 0.05) is 31.7 Å². The van der Waals surface area contributed by atoms with Gasteiger partial charge < -0.3 is 15.8 Å². The third-order valence-corrected chi connectivity index (χ3v) is 10.8. The molecule has 0 radical (unpaired) electrons. The van der Waals surface area contributed by atoms with E-state index in [9.17, 15) is 13.7 Å². The molecule has 0 bridgehead atoms. The molecular weight excluding hydrogens is 588 g/mol. The molecule has 0 amide bonds. The van der Waals surface area contributed by atoms with Crippen LogP contribution in [-0.2, 0) is 20.0 Å². The molecule has 13 heteroatoms. The number of nitrogens with zero attached hydrogens (tertiary/aromatic N) is 5. The van der Waals surface area contributed by atoms with Gasteiger partial charge in [0.05, 0.1) is 51.6 Å². The lowest BCUT2D eigenvalue weighted by Crippen LogP contribution is -2.48. The van der Waals surface area contributed by atoms with Crippen LogP contribution in [0.25, 0.3) is 16.8 Å². The van der Waals surface area contributed by atoms with Crippen molar-refractivity contribution in [2.45, 2.75) is 55.2 Å². The van der Waals surface area contributed by atoms with Crippen molar-refractivity contribution < 1.29 is 21.9 Å². The normalized spacial score (nSPS) is 23.7. The summed E-state index contributed by atoms with van der Waals surface area (Å²) < 4.78 is 62.6. The number of hydrogen-bond donors (Lipinski definition) is 2. The molecule has 2 fully saturated rings. The molecule has 1 aliphatic carbocycles. The summed E-state index contributed by atoms with van der Waals surface area (Å²) in [6.45, 7) is 2.60. The van der Waals surface area contributed by atoms with Crippen LogP contribution in [0.5, 0.6) is 0 Å². The third kappa shape index (κ3) is 5.42. The first-order valence-electron chi connectivity index (χ1n) is 14.5. The predicted octanol–water partition coefficient (Wildman–Crippen LogP) is 4.64. The van der Waals surface area contributed by atoms with Crippen LogP contribution in [0.15, 0.2) is 48.9 Å². The number of ether oxygens (including phenoxy) is 1. The van der Waals surface area contributed by atoms with Crippen molar-refractivity contribution in [3.05, 3.63) is 71.7 Å². The van der Waals surface area contributed by atoms with E-state index in [1.807, 2.05) is 13.0 Å². The van der Waals surface area contributed by atoms with Gasteiger partial charge in [-0.1, -0.05) is 6.92 Å². The van der Waals surface area contributed by atoms with E-state index in [2.05, 4.69) is 26.5 Å². The van der Waals surface area contributed by atoms with Crippen LogP contribution in [0.4, 0.5) is 20.4 Å². The molecule has 1 saturated carbocycles. The molecule has 44 heavy (non-hydrogen) atoms. The maximum absolute atomic E-state index is 15.5. The second-order valence-electron chi connectivity index (χ2n) is 11.9. The molecule has 4 aromatic rings. The SMILES string of the molecule is C[C@H]1C[C@@H](c2ccncc2Nc2ncc3ccc(-c4c(F)cc(C5(C#N)CCOCC5)cc4F)nn23)C[C@@H](N)[C@H]1S(C)(=O)=O. The Kier molecular flexibility index (Phi) is 7.85. The fraction of sp³-hybridized carbons (Fsp3) is 0.419. The van der Waals surface area contributed by atoms with E-state index in [1.54, 1.807) is 24.7 Å². The number of imidazole rings is 1. The average molecular weight is 622 g/mol. The van der Waals surface area contributed by atoms with Crippen molar-refractivity contribution in [3.8, 4) is 17.3 Å². The minimum atomic E-state index is -3.30. The van der Waals surface area contributed by atoms with E-state index in [0.29, 0.717) is 56.0 Å². The number of halogens is 2. The maximum Gasteiger partial charge on any atom is 0.229 e. The van der Waals surface area contributed by atoms with Crippen LogP contribution in [0.1, 0.15) is 49.7 Å². The molecule has 1 saturated heterocycles. The largest absolute Gasteiger partial charge is 0.381 e. The van der Waals surface area contributed by atoms with Gasteiger partial charge in [0.1, 0.15) is 11.6 Å². The van der Waals surface area contributed by atoms with Crippen LogP contribution in [0.3, 0.4) is 0 Å². The van der Waals surface area contributed by atoms with Gasteiger partial charge in [-0.3, -0.25) is 4.98 Å². The number of anilines is 2. The van der Waals surface area contributed by atoms with Crippen LogP contribution >= 0.6 is 0 Å². The Bertz CT molecular complexity index is 1830. The number of hydrogen-bond acceptors (Lipinski definition) is 9. The summed E-state index contributed by atoms with van der Waals surface area (Å²) in [5.41, 5.74) is 7.57. The van der Waals surface area contributed by atoms with E-state index < -0.39 is 38.2 Å². The number of fused-ring (bicyclic) bond motifs is 1. The summed E-state index contributed by atoms with van der Waals surface area (Å²) in [5, 5.41) is 17.1. The Labute approximate surface area is 254 Å². The van der Waals surface area contributed by atoms with Gasteiger partial charge in [-0.25, -0.2) is 22.2 Å². The fourth-order valence-electron chi connectivity index (χ4n) is 6.92. The highest BCUT2D eigenvalue weighted by atomic mass is 32.2. The molecule has 0 unspecified atom stereocenters. The molecule has 6 rings (SSSR count). The molecule has 3 aromatic heterocycles. The molecule has 4 atom stereocenters. The summed E-state index contributed by atoms with van der Waals surface area (Å²) in [4.78, 5) is 8.71. The molecule has 3 N–H and O–H groups in total. The smallest absolute Gasteiger partial charge is 0.229 e. The van der Waals surface area contributed by atoms with Gasteiger partial charge in [0.15, 0.2) is 9.84 Å². The lowest BCUT2D eigenvalue weighted by atomic mass is 9.75. The Morgan fingerprint density at radius 1 is 1.14 bits per heavy atom. The number of benzene rings is 1. The van der Waals surface area contributed by atoms with Crippen molar-refractivity contribution in [1.29, 1.82) is 5.26 Å². The van der Waals surface area contributed by atoms with Gasteiger partial charge in [0.2, 0.25) is 5.95 Å². The van der Waals surface area contributed by atoms with E-state index >= 15 is 8.78 Å². The average Bonchev–Trinajstić information content (AvgIpc) is 3.38. The number of nitrogens with two attached hydrogens (primary N) is 1. The van der Waals surface area contributed by atoms with Crippen molar-refractivity contribution >= 4 is 27.0 Å². The van der Waals surface area contributed by atoms with Gasteiger partial charge >= 0.3 is 0 Å². The standard InChI is InChI=1S/C31H33F2N7O3S/c1-18-11-19(12-25(35)29(18)44(2,41)42)22-5-8-36-16-27(22)38-30-37-15-21-3-4-26(39-40(21)30)28-23(32)13-20(14-24(28)33)31(17-34)6-9-43-10-7-31/h3-5,8,13-16,18-19,25,29H,6-7,9-12,35H2,1-2H3,(H,37,38)/t18-,19+,25+,29-/m0/s1. The summed E-state index contributed by atoms with van der Waals surface area (Å²) in [6, 6.07) is 9.25. The van der Waals surface area contributed by atoms with Crippen molar-refractivity contribution in [2.75, 3.05) is 24.8 Å². The van der Waals surface area contributed by atoms with Gasteiger partial charge in [-0.2, -0.15) is 14.9 Å². The number of nitrogens with one attached hydrogen (secondary N) is 1. The number of sulfone groups is 1. The summed E-state index contributed by atoms with van der Waals surface area (Å²) in [7, 11) is -3.30. The zero-order valence-electron chi connectivity index (χ0n) is 24.4. The third-order valence-electron chi connectivity index (χ3n) is 9.03. The lowest BCUT2D eigenvalue weighted by molar-refractivity contribution is 0.0674. The number of nitriles is 1. The summed E-state index contributed by atoms with van der Waals surface area (Å²) in [5.74, 6) is -1.48. The molecule has 0 spiro atoms. The van der Waals surface area contributed by atoms with Gasteiger partial charge in [-0.05, 0) is 79.0 Å². The second kappa shape index (κ2) is 11.5. The Balaban J connectivity index is 1.32. The number of pyridine rings is 1. The molecule has 10 nitrogen and oxygen atoms in total. The Morgan fingerprint density at radius 3 is 2.52 bits per heavy atom. The molecule has 4 heterocycles. The number of aromatic nitrogens is 4. The van der Waals surface area contributed by atoms with Crippen molar-refractivity contribution in [2.24, 2.45) is 11.7 Å². The van der Waals surface area contributed by atoms with Crippen LogP contribution < -0.4 is 11.1 Å². The van der Waals surface area contributed by atoms with E-state index in [4.69, 9.17) is 10.5 Å². The van der Waals surface area contributed by atoms with Crippen molar-refractivity contribution in [1.82, 2.24) is 19.6 Å². The first kappa shape index (κ1) is 30.1. The minimum absolute atomic E-state index is 0.0209. The van der Waals surface area contributed by atoms with Crippen LogP contribution in [0, 0.1) is 28.9 Å². The topological polar surface area (TPSA) is 148 Å². The molecule has 1 aromatic carbocycles. The summed E-state index contributed by atoms with van der Waals surface area (Å²) in [6.07, 6.45) is 7.97. The highest BCUT2D eigenvalue weighted by Crippen LogP contribution is 2.41. The zero-order valence-corrected chi connectivity index (χ0v) is 25.2. The minimum Gasteiger partial charge on any atom is -0.381 e. The highest BCUT2D eigenvalue weighted by Gasteiger charge is 2.41. The Hall–Kier alpha value is -3.99. The van der Waals surface area contributed by atoms with Gasteiger partial charge in [0.25, 0.3) is 0 Å². The zero-order chi connectivity index (χ0) is 31.2. The van der Waals surface area contributed by atoms with Crippen molar-refractivity contribution in [3.63, 3.8) is 0 Å². The molecule has 1 aliphatic heterocycles. The maximum atomic E-state index is 15.5. The lowest BCUT2D eigenvalue weighted by Gasteiger charge is -2.38. The van der Waals surface area contributed by atoms with E-state index in [-0.39, 0.29) is 28.7 Å². The highest BCUT2D eigenvalue weighted by molar-refractivity contribution is 7.91. The molecular formula is C31H33F2N7O3S. The summed E-state index contributed by atoms with van der Waals surface area (Å²) >= 11 is 0.